The zero-order chi connectivity index (χ0) is 14.2. The van der Waals surface area contributed by atoms with Gasteiger partial charge in [-0.2, -0.15) is 0 Å². The second kappa shape index (κ2) is 8.98. The highest BCUT2D eigenvalue weighted by atomic mass is 16.5. The standard InChI is InChI=1S/C16H33N3O/c1-3-20-13-5-8-17-9-12-19-11-7-16-15(14-19)6-4-10-18(16)2/h15-17H,3-14H2,1-2H3. The number of ether oxygens (including phenoxy) is 1. The summed E-state index contributed by atoms with van der Waals surface area (Å²) in [5.41, 5.74) is 0. The molecule has 2 atom stereocenters. The van der Waals surface area contributed by atoms with Crippen molar-refractivity contribution in [1.29, 1.82) is 0 Å². The first-order valence-corrected chi connectivity index (χ1v) is 8.52. The Kier molecular flexibility index (Phi) is 7.28. The Labute approximate surface area is 124 Å². The van der Waals surface area contributed by atoms with Gasteiger partial charge in [-0.05, 0) is 65.2 Å². The average Bonchev–Trinajstić information content (AvgIpc) is 2.46. The van der Waals surface area contributed by atoms with Crippen LogP contribution in [0.3, 0.4) is 0 Å². The summed E-state index contributed by atoms with van der Waals surface area (Å²) in [5.74, 6) is 0.917. The number of hydrogen-bond donors (Lipinski definition) is 1. The molecule has 0 aliphatic carbocycles. The van der Waals surface area contributed by atoms with Crippen LogP contribution >= 0.6 is 0 Å². The lowest BCUT2D eigenvalue weighted by molar-refractivity contribution is 0.0390. The molecule has 4 nitrogen and oxygen atoms in total. The van der Waals surface area contributed by atoms with E-state index in [1.807, 2.05) is 0 Å². The van der Waals surface area contributed by atoms with Crippen LogP contribution in [0.1, 0.15) is 32.6 Å². The van der Waals surface area contributed by atoms with Crippen LogP contribution in [0.2, 0.25) is 0 Å². The van der Waals surface area contributed by atoms with Crippen LogP contribution in [0.15, 0.2) is 0 Å². The highest BCUT2D eigenvalue weighted by Gasteiger charge is 2.33. The van der Waals surface area contributed by atoms with Gasteiger partial charge in [0.2, 0.25) is 0 Å². The molecule has 2 aliphatic heterocycles. The van der Waals surface area contributed by atoms with Crippen molar-refractivity contribution >= 4 is 0 Å². The van der Waals surface area contributed by atoms with Crippen LogP contribution in [0, 0.1) is 5.92 Å². The number of likely N-dealkylation sites (tertiary alicyclic amines) is 2. The molecule has 118 valence electrons. The molecule has 4 heteroatoms. The Morgan fingerprint density at radius 1 is 1.20 bits per heavy atom. The second-order valence-corrected chi connectivity index (χ2v) is 6.34. The number of hydrogen-bond acceptors (Lipinski definition) is 4. The van der Waals surface area contributed by atoms with Crippen molar-refractivity contribution in [2.75, 3.05) is 59.5 Å². The molecular formula is C16H33N3O. The smallest absolute Gasteiger partial charge is 0.0477 e. The van der Waals surface area contributed by atoms with Crippen molar-refractivity contribution in [2.45, 2.75) is 38.6 Å². The minimum absolute atomic E-state index is 0.838. The van der Waals surface area contributed by atoms with E-state index >= 15 is 0 Å². The first kappa shape index (κ1) is 16.2. The molecule has 0 bridgehead atoms. The Morgan fingerprint density at radius 2 is 2.10 bits per heavy atom. The van der Waals surface area contributed by atoms with Crippen molar-refractivity contribution in [1.82, 2.24) is 15.1 Å². The van der Waals surface area contributed by atoms with Crippen LogP contribution in [0.25, 0.3) is 0 Å². The minimum Gasteiger partial charge on any atom is -0.382 e. The molecule has 2 aliphatic rings. The molecule has 2 rings (SSSR count). The summed E-state index contributed by atoms with van der Waals surface area (Å²) in [4.78, 5) is 5.26. The average molecular weight is 283 g/mol. The molecule has 1 N–H and O–H groups in total. The van der Waals surface area contributed by atoms with Gasteiger partial charge < -0.3 is 19.9 Å². The lowest BCUT2D eigenvalue weighted by atomic mass is 9.84. The van der Waals surface area contributed by atoms with E-state index in [4.69, 9.17) is 4.74 Å². The molecule has 0 amide bonds. The molecule has 0 radical (unpaired) electrons. The van der Waals surface area contributed by atoms with Crippen molar-refractivity contribution in [3.8, 4) is 0 Å². The molecule has 0 spiro atoms. The van der Waals surface area contributed by atoms with Gasteiger partial charge in [0.05, 0.1) is 0 Å². The van der Waals surface area contributed by atoms with Gasteiger partial charge in [-0.3, -0.25) is 0 Å². The molecule has 2 fully saturated rings. The van der Waals surface area contributed by atoms with E-state index in [1.54, 1.807) is 0 Å². The predicted molar refractivity (Wildman–Crippen MR) is 84.2 cm³/mol. The van der Waals surface area contributed by atoms with Gasteiger partial charge in [0, 0.05) is 38.9 Å². The third kappa shape index (κ3) is 4.99. The van der Waals surface area contributed by atoms with Gasteiger partial charge in [-0.15, -0.1) is 0 Å². The third-order valence-electron chi connectivity index (χ3n) is 4.88. The van der Waals surface area contributed by atoms with Crippen LogP contribution in [0.5, 0.6) is 0 Å². The Hall–Kier alpha value is -0.160. The van der Waals surface area contributed by atoms with Crippen molar-refractivity contribution in [3.05, 3.63) is 0 Å². The van der Waals surface area contributed by atoms with E-state index in [9.17, 15) is 0 Å². The SMILES string of the molecule is CCOCCCNCCN1CCC2C(CCCN2C)C1. The molecule has 20 heavy (non-hydrogen) atoms. The fourth-order valence-corrected chi connectivity index (χ4v) is 3.74. The molecule has 0 aromatic carbocycles. The molecule has 2 saturated heterocycles. The van der Waals surface area contributed by atoms with Crippen molar-refractivity contribution < 1.29 is 4.74 Å². The van der Waals surface area contributed by atoms with Gasteiger partial charge in [0.25, 0.3) is 0 Å². The zero-order valence-electron chi connectivity index (χ0n) is 13.4. The summed E-state index contributed by atoms with van der Waals surface area (Å²) in [5, 5.41) is 3.54. The number of piperidine rings is 2. The fourth-order valence-electron chi connectivity index (χ4n) is 3.74. The first-order chi connectivity index (χ1) is 9.81. The topological polar surface area (TPSA) is 27.7 Å². The largest absolute Gasteiger partial charge is 0.382 e. The van der Waals surface area contributed by atoms with E-state index in [2.05, 4.69) is 29.1 Å². The van der Waals surface area contributed by atoms with Gasteiger partial charge in [0.15, 0.2) is 0 Å². The van der Waals surface area contributed by atoms with E-state index in [1.165, 1.54) is 45.4 Å². The first-order valence-electron chi connectivity index (χ1n) is 8.52. The highest BCUT2D eigenvalue weighted by Crippen LogP contribution is 2.29. The van der Waals surface area contributed by atoms with Crippen LogP contribution in [-0.4, -0.2) is 75.4 Å². The maximum Gasteiger partial charge on any atom is 0.0477 e. The van der Waals surface area contributed by atoms with E-state index in [0.29, 0.717) is 0 Å². The molecular weight excluding hydrogens is 250 g/mol. The number of nitrogens with zero attached hydrogens (tertiary/aromatic N) is 2. The summed E-state index contributed by atoms with van der Waals surface area (Å²) in [6.07, 6.45) is 5.32. The van der Waals surface area contributed by atoms with Gasteiger partial charge in [0.1, 0.15) is 0 Å². The van der Waals surface area contributed by atoms with Crippen LogP contribution < -0.4 is 5.32 Å². The summed E-state index contributed by atoms with van der Waals surface area (Å²) in [7, 11) is 2.31. The van der Waals surface area contributed by atoms with Crippen LogP contribution in [-0.2, 0) is 4.74 Å². The number of nitrogens with one attached hydrogen (secondary N) is 1. The molecule has 0 saturated carbocycles. The van der Waals surface area contributed by atoms with E-state index < -0.39 is 0 Å². The van der Waals surface area contributed by atoms with Crippen LogP contribution in [0.4, 0.5) is 0 Å². The monoisotopic (exact) mass is 283 g/mol. The van der Waals surface area contributed by atoms with E-state index in [0.717, 1.165) is 44.7 Å². The zero-order valence-corrected chi connectivity index (χ0v) is 13.4. The normalized spacial score (nSPS) is 28.5. The van der Waals surface area contributed by atoms with Gasteiger partial charge in [-0.1, -0.05) is 0 Å². The lowest BCUT2D eigenvalue weighted by Crippen LogP contribution is -2.53. The number of fused-ring (bicyclic) bond motifs is 1. The Balaban J connectivity index is 1.54. The van der Waals surface area contributed by atoms with Gasteiger partial charge >= 0.3 is 0 Å². The van der Waals surface area contributed by atoms with Crippen molar-refractivity contribution in [3.63, 3.8) is 0 Å². The maximum atomic E-state index is 5.34. The summed E-state index contributed by atoms with van der Waals surface area (Å²) < 4.78 is 5.34. The molecule has 2 heterocycles. The summed E-state index contributed by atoms with van der Waals surface area (Å²) >= 11 is 0. The Morgan fingerprint density at radius 3 is 2.95 bits per heavy atom. The molecule has 0 aromatic heterocycles. The minimum atomic E-state index is 0.838. The quantitative estimate of drug-likeness (QED) is 0.682. The number of rotatable bonds is 8. The molecule has 0 aromatic rings. The van der Waals surface area contributed by atoms with Crippen molar-refractivity contribution in [2.24, 2.45) is 5.92 Å². The fraction of sp³-hybridized carbons (Fsp3) is 1.00. The summed E-state index contributed by atoms with van der Waals surface area (Å²) in [6, 6.07) is 0.860. The third-order valence-corrected chi connectivity index (χ3v) is 4.88. The predicted octanol–water partition coefficient (Wildman–Crippen LogP) is 1.42. The highest BCUT2D eigenvalue weighted by molar-refractivity contribution is 4.89. The van der Waals surface area contributed by atoms with Gasteiger partial charge in [-0.25, -0.2) is 0 Å². The summed E-state index contributed by atoms with van der Waals surface area (Å²) in [6.45, 7) is 11.1. The lowest BCUT2D eigenvalue weighted by Gasteiger charge is -2.46. The maximum absolute atomic E-state index is 5.34. The van der Waals surface area contributed by atoms with E-state index in [-0.39, 0.29) is 0 Å². The molecule has 2 unspecified atom stereocenters. The Bertz CT molecular complexity index is 262. The second-order valence-electron chi connectivity index (χ2n) is 6.34.